The number of amides is 1. The number of thiophene rings is 1. The molecule has 0 aliphatic carbocycles. The van der Waals surface area contributed by atoms with E-state index in [9.17, 15) is 4.79 Å². The fourth-order valence-electron chi connectivity index (χ4n) is 2.47. The maximum absolute atomic E-state index is 12.2. The Kier molecular flexibility index (Phi) is 5.28. The Morgan fingerprint density at radius 3 is 2.60 bits per heavy atom. The van der Waals surface area contributed by atoms with Crippen molar-refractivity contribution in [3.63, 3.8) is 0 Å². The normalized spacial score (nSPS) is 12.3. The van der Waals surface area contributed by atoms with Gasteiger partial charge < -0.3 is 9.84 Å². The molecular weight excluding hydrogens is 334 g/mol. The molecule has 1 atom stereocenters. The van der Waals surface area contributed by atoms with Gasteiger partial charge in [0.1, 0.15) is 0 Å². The van der Waals surface area contributed by atoms with Crippen LogP contribution in [0, 0.1) is 0 Å². The molecule has 3 rings (SSSR count). The van der Waals surface area contributed by atoms with E-state index in [0.717, 1.165) is 10.4 Å². The summed E-state index contributed by atoms with van der Waals surface area (Å²) in [5.41, 5.74) is 1.06. The van der Waals surface area contributed by atoms with Crippen LogP contribution in [0.3, 0.4) is 0 Å². The van der Waals surface area contributed by atoms with Crippen LogP contribution in [0.15, 0.2) is 47.0 Å². The summed E-state index contributed by atoms with van der Waals surface area (Å²) in [5, 5.41) is 6.88. The lowest BCUT2D eigenvalue weighted by atomic mass is 10.1. The number of aromatic nitrogens is 2. The molecule has 1 N–H and O–H groups in total. The van der Waals surface area contributed by atoms with Crippen LogP contribution >= 0.6 is 11.3 Å². The topological polar surface area (TPSA) is 68.0 Å². The largest absolute Gasteiger partial charge is 0.349 e. The number of carbonyl (C=O) groups excluding carboxylic acids is 1. The van der Waals surface area contributed by atoms with Crippen molar-refractivity contribution in [3.8, 4) is 10.8 Å². The van der Waals surface area contributed by atoms with Crippen molar-refractivity contribution in [2.24, 2.45) is 0 Å². The van der Waals surface area contributed by atoms with Crippen LogP contribution < -0.4 is 5.32 Å². The number of hydrogen-bond acceptors (Lipinski definition) is 5. The molecule has 0 aliphatic heterocycles. The van der Waals surface area contributed by atoms with Crippen molar-refractivity contribution in [3.05, 3.63) is 58.7 Å². The number of nitrogens with zero attached hydrogens (tertiary/aromatic N) is 2. The first-order chi connectivity index (χ1) is 12.0. The van der Waals surface area contributed by atoms with E-state index in [1.54, 1.807) is 11.3 Å². The van der Waals surface area contributed by atoms with Gasteiger partial charge in [0.05, 0.1) is 17.3 Å². The van der Waals surface area contributed by atoms with Gasteiger partial charge in [0.15, 0.2) is 5.82 Å². The zero-order valence-corrected chi connectivity index (χ0v) is 15.3. The zero-order valence-electron chi connectivity index (χ0n) is 14.5. The molecule has 130 valence electrons. The van der Waals surface area contributed by atoms with Gasteiger partial charge in [-0.1, -0.05) is 49.3 Å². The van der Waals surface area contributed by atoms with Crippen LogP contribution in [0.2, 0.25) is 0 Å². The molecule has 3 aromatic rings. The highest BCUT2D eigenvalue weighted by Crippen LogP contribution is 2.31. The predicted molar refractivity (Wildman–Crippen MR) is 98.4 cm³/mol. The average molecular weight is 355 g/mol. The third kappa shape index (κ3) is 4.33. The van der Waals surface area contributed by atoms with E-state index in [1.807, 2.05) is 43.3 Å². The summed E-state index contributed by atoms with van der Waals surface area (Å²) in [7, 11) is 0. The fraction of sp³-hybridized carbons (Fsp3) is 0.316. The molecule has 0 saturated carbocycles. The van der Waals surface area contributed by atoms with Crippen LogP contribution in [0.4, 0.5) is 0 Å². The third-order valence-electron chi connectivity index (χ3n) is 3.87. The number of nitrogens with one attached hydrogen (secondary N) is 1. The van der Waals surface area contributed by atoms with Crippen LogP contribution in [0.1, 0.15) is 49.0 Å². The lowest BCUT2D eigenvalue weighted by Gasteiger charge is -2.13. The minimum atomic E-state index is -0.127. The second kappa shape index (κ2) is 7.61. The standard InChI is InChI=1S/C19H21N3O2S/c1-12(2)15-9-10-16(25-15)19-21-17(22-24-19)11-18(23)20-13(3)14-7-5-4-6-8-14/h4-10,12-13H,11H2,1-3H3,(H,20,23). The molecule has 0 bridgehead atoms. The van der Waals surface area contributed by atoms with E-state index >= 15 is 0 Å². The first-order valence-corrected chi connectivity index (χ1v) is 9.11. The quantitative estimate of drug-likeness (QED) is 0.714. The number of rotatable bonds is 6. The summed E-state index contributed by atoms with van der Waals surface area (Å²) in [6.45, 7) is 6.24. The number of hydrogen-bond donors (Lipinski definition) is 1. The van der Waals surface area contributed by atoms with E-state index in [4.69, 9.17) is 4.52 Å². The molecule has 1 aromatic carbocycles. The average Bonchev–Trinajstić information content (AvgIpc) is 3.24. The van der Waals surface area contributed by atoms with Gasteiger partial charge in [0.25, 0.3) is 5.89 Å². The third-order valence-corrected chi connectivity index (χ3v) is 5.24. The predicted octanol–water partition coefficient (Wildman–Crippen LogP) is 4.34. The zero-order chi connectivity index (χ0) is 17.8. The lowest BCUT2D eigenvalue weighted by molar-refractivity contribution is -0.121. The molecule has 0 saturated heterocycles. The molecule has 6 heteroatoms. The van der Waals surface area contributed by atoms with Crippen molar-refractivity contribution < 1.29 is 9.32 Å². The van der Waals surface area contributed by atoms with Gasteiger partial charge in [0, 0.05) is 4.88 Å². The molecule has 0 fully saturated rings. The van der Waals surface area contributed by atoms with Crippen molar-refractivity contribution in [1.82, 2.24) is 15.5 Å². The molecule has 0 spiro atoms. The number of carbonyl (C=O) groups is 1. The lowest BCUT2D eigenvalue weighted by Crippen LogP contribution is -2.28. The van der Waals surface area contributed by atoms with Crippen molar-refractivity contribution >= 4 is 17.2 Å². The Morgan fingerprint density at radius 2 is 1.92 bits per heavy atom. The Labute approximate surface area is 151 Å². The van der Waals surface area contributed by atoms with Crippen molar-refractivity contribution in [2.75, 3.05) is 0 Å². The summed E-state index contributed by atoms with van der Waals surface area (Å²) in [4.78, 5) is 18.7. The number of benzene rings is 1. The molecule has 2 heterocycles. The molecular formula is C19H21N3O2S. The molecule has 2 aromatic heterocycles. The fourth-order valence-corrected chi connectivity index (χ4v) is 3.40. The van der Waals surface area contributed by atoms with Gasteiger partial charge in [-0.2, -0.15) is 4.98 Å². The second-order valence-corrected chi connectivity index (χ2v) is 7.36. The molecule has 0 radical (unpaired) electrons. The van der Waals surface area contributed by atoms with Gasteiger partial charge in [0.2, 0.25) is 5.91 Å². The van der Waals surface area contributed by atoms with Gasteiger partial charge in [-0.15, -0.1) is 11.3 Å². The smallest absolute Gasteiger partial charge is 0.268 e. The maximum atomic E-state index is 12.2. The first-order valence-electron chi connectivity index (χ1n) is 8.30. The molecule has 1 amide bonds. The highest BCUT2D eigenvalue weighted by molar-refractivity contribution is 7.15. The first kappa shape index (κ1) is 17.4. The Bertz CT molecular complexity index is 839. The monoisotopic (exact) mass is 355 g/mol. The van der Waals surface area contributed by atoms with Gasteiger partial charge in [-0.05, 0) is 30.5 Å². The molecule has 0 aliphatic rings. The van der Waals surface area contributed by atoms with E-state index in [2.05, 4.69) is 35.4 Å². The summed E-state index contributed by atoms with van der Waals surface area (Å²) in [5.74, 6) is 1.20. The van der Waals surface area contributed by atoms with E-state index in [1.165, 1.54) is 4.88 Å². The second-order valence-electron chi connectivity index (χ2n) is 6.25. The van der Waals surface area contributed by atoms with Crippen LogP contribution in [-0.4, -0.2) is 16.0 Å². The Morgan fingerprint density at radius 1 is 1.16 bits per heavy atom. The summed E-state index contributed by atoms with van der Waals surface area (Å²) < 4.78 is 5.30. The van der Waals surface area contributed by atoms with Crippen molar-refractivity contribution in [2.45, 2.75) is 39.2 Å². The van der Waals surface area contributed by atoms with Crippen LogP contribution in [0.5, 0.6) is 0 Å². The highest BCUT2D eigenvalue weighted by atomic mass is 32.1. The van der Waals surface area contributed by atoms with Crippen molar-refractivity contribution in [1.29, 1.82) is 0 Å². The molecule has 25 heavy (non-hydrogen) atoms. The SMILES string of the molecule is CC(C)c1ccc(-c2nc(CC(=O)NC(C)c3ccccc3)no2)s1. The highest BCUT2D eigenvalue weighted by Gasteiger charge is 2.16. The van der Waals surface area contributed by atoms with Crippen LogP contribution in [0.25, 0.3) is 10.8 Å². The van der Waals surface area contributed by atoms with Gasteiger partial charge in [-0.25, -0.2) is 0 Å². The van der Waals surface area contributed by atoms with Crippen LogP contribution in [-0.2, 0) is 11.2 Å². The summed E-state index contributed by atoms with van der Waals surface area (Å²) >= 11 is 1.64. The molecule has 1 unspecified atom stereocenters. The van der Waals surface area contributed by atoms with E-state index < -0.39 is 0 Å². The van der Waals surface area contributed by atoms with Gasteiger partial charge >= 0.3 is 0 Å². The Hall–Kier alpha value is -2.47. The molecule has 5 nitrogen and oxygen atoms in total. The van der Waals surface area contributed by atoms with Gasteiger partial charge in [-0.3, -0.25) is 4.79 Å². The van der Waals surface area contributed by atoms with E-state index in [0.29, 0.717) is 17.6 Å². The summed E-state index contributed by atoms with van der Waals surface area (Å²) in [6.07, 6.45) is 0.100. The Balaban J connectivity index is 1.61. The maximum Gasteiger partial charge on any atom is 0.268 e. The van der Waals surface area contributed by atoms with E-state index in [-0.39, 0.29) is 18.4 Å². The minimum Gasteiger partial charge on any atom is -0.349 e. The minimum absolute atomic E-state index is 0.0639. The summed E-state index contributed by atoms with van der Waals surface area (Å²) in [6, 6.07) is 13.8.